The Morgan fingerprint density at radius 2 is 2.44 bits per heavy atom. The summed E-state index contributed by atoms with van der Waals surface area (Å²) in [7, 11) is 0. The highest BCUT2D eigenvalue weighted by Crippen LogP contribution is 2.18. The number of rotatable bonds is 3. The average Bonchev–Trinajstić information content (AvgIpc) is 2.66. The van der Waals surface area contributed by atoms with Crippen LogP contribution in [0, 0.1) is 10.1 Å². The molecule has 0 radical (unpaired) electrons. The standard InChI is InChI=1S/C9H8N6O2S/c10-9(18)13-11-5-6-8(15(16)17)14-4-2-1-3-7(14)12-6/h1-5H,(H3,10,13,18)/b11-5+. The summed E-state index contributed by atoms with van der Waals surface area (Å²) in [6.07, 6.45) is 2.75. The summed E-state index contributed by atoms with van der Waals surface area (Å²) < 4.78 is 1.36. The van der Waals surface area contributed by atoms with Crippen molar-refractivity contribution in [1.29, 1.82) is 0 Å². The lowest BCUT2D eigenvalue weighted by Crippen LogP contribution is -2.24. The second-order valence-electron chi connectivity index (χ2n) is 3.24. The minimum Gasteiger partial charge on any atom is -0.375 e. The van der Waals surface area contributed by atoms with E-state index in [1.165, 1.54) is 10.6 Å². The third-order valence-corrected chi connectivity index (χ3v) is 2.16. The van der Waals surface area contributed by atoms with Gasteiger partial charge in [0.25, 0.3) is 0 Å². The fourth-order valence-corrected chi connectivity index (χ4v) is 1.48. The summed E-state index contributed by atoms with van der Waals surface area (Å²) in [4.78, 5) is 14.6. The van der Waals surface area contributed by atoms with E-state index in [4.69, 9.17) is 5.73 Å². The average molecular weight is 264 g/mol. The van der Waals surface area contributed by atoms with Crippen LogP contribution in [0.1, 0.15) is 5.69 Å². The number of fused-ring (bicyclic) bond motifs is 1. The number of nitrogens with one attached hydrogen (secondary N) is 1. The van der Waals surface area contributed by atoms with Crippen LogP contribution in [-0.2, 0) is 0 Å². The zero-order valence-corrected chi connectivity index (χ0v) is 9.79. The highest BCUT2D eigenvalue weighted by atomic mass is 32.1. The van der Waals surface area contributed by atoms with E-state index in [1.54, 1.807) is 24.4 Å². The molecule has 0 aliphatic heterocycles. The van der Waals surface area contributed by atoms with Crippen molar-refractivity contribution in [2.75, 3.05) is 0 Å². The second kappa shape index (κ2) is 4.75. The molecule has 0 aromatic carbocycles. The van der Waals surface area contributed by atoms with Gasteiger partial charge in [-0.25, -0.2) is 0 Å². The molecule has 0 atom stereocenters. The number of hydrazone groups is 1. The quantitative estimate of drug-likeness (QED) is 0.359. The SMILES string of the molecule is NC(=S)N/N=C/c1nc2ccccn2c1[N+](=O)[O-]. The smallest absolute Gasteiger partial charge is 0.356 e. The molecule has 18 heavy (non-hydrogen) atoms. The number of hydrogen-bond acceptors (Lipinski definition) is 5. The van der Waals surface area contributed by atoms with Gasteiger partial charge >= 0.3 is 5.82 Å². The zero-order chi connectivity index (χ0) is 13.1. The molecule has 2 rings (SSSR count). The molecule has 0 saturated carbocycles. The van der Waals surface area contributed by atoms with Gasteiger partial charge in [0.05, 0.1) is 12.4 Å². The number of imidazole rings is 1. The first-order valence-electron chi connectivity index (χ1n) is 4.79. The van der Waals surface area contributed by atoms with E-state index in [0.29, 0.717) is 5.65 Å². The van der Waals surface area contributed by atoms with E-state index in [1.807, 2.05) is 0 Å². The Balaban J connectivity index is 2.49. The van der Waals surface area contributed by atoms with Crippen LogP contribution >= 0.6 is 12.2 Å². The summed E-state index contributed by atoms with van der Waals surface area (Å²) in [6, 6.07) is 5.07. The maximum atomic E-state index is 11.0. The molecule has 92 valence electrons. The monoisotopic (exact) mass is 264 g/mol. The maximum absolute atomic E-state index is 11.0. The molecule has 2 aromatic heterocycles. The Hall–Kier alpha value is -2.55. The van der Waals surface area contributed by atoms with Crippen molar-refractivity contribution in [1.82, 2.24) is 14.8 Å². The highest BCUT2D eigenvalue weighted by molar-refractivity contribution is 7.80. The van der Waals surface area contributed by atoms with Gasteiger partial charge in [-0.3, -0.25) is 5.43 Å². The van der Waals surface area contributed by atoms with Crippen molar-refractivity contribution in [2.45, 2.75) is 0 Å². The molecule has 0 saturated heterocycles. The van der Waals surface area contributed by atoms with Gasteiger partial charge in [-0.1, -0.05) is 6.07 Å². The fraction of sp³-hybridized carbons (Fsp3) is 0. The first-order valence-corrected chi connectivity index (χ1v) is 5.20. The number of thiocarbonyl (C=S) groups is 1. The molecule has 2 heterocycles. The molecule has 0 spiro atoms. The lowest BCUT2D eigenvalue weighted by molar-refractivity contribution is -0.390. The first kappa shape index (κ1) is 11.9. The number of nitrogens with zero attached hydrogens (tertiary/aromatic N) is 4. The van der Waals surface area contributed by atoms with Gasteiger partial charge in [0.1, 0.15) is 0 Å². The molecule has 0 aliphatic carbocycles. The number of nitro groups is 1. The Labute approximate surface area is 106 Å². The van der Waals surface area contributed by atoms with Gasteiger partial charge in [0.2, 0.25) is 5.65 Å². The third-order valence-electron chi connectivity index (χ3n) is 2.07. The van der Waals surface area contributed by atoms with Crippen LogP contribution in [0.15, 0.2) is 29.5 Å². The van der Waals surface area contributed by atoms with Crippen molar-refractivity contribution in [2.24, 2.45) is 10.8 Å². The van der Waals surface area contributed by atoms with Crippen LogP contribution in [0.3, 0.4) is 0 Å². The second-order valence-corrected chi connectivity index (χ2v) is 3.68. The minimum atomic E-state index is -0.526. The maximum Gasteiger partial charge on any atom is 0.356 e. The largest absolute Gasteiger partial charge is 0.375 e. The van der Waals surface area contributed by atoms with Gasteiger partial charge in [-0.2, -0.15) is 14.5 Å². The molecular weight excluding hydrogens is 256 g/mol. The first-order chi connectivity index (χ1) is 8.59. The van der Waals surface area contributed by atoms with Crippen molar-refractivity contribution in [3.63, 3.8) is 0 Å². The number of pyridine rings is 1. The zero-order valence-electron chi connectivity index (χ0n) is 8.98. The van der Waals surface area contributed by atoms with Crippen LogP contribution in [0.4, 0.5) is 5.82 Å². The highest BCUT2D eigenvalue weighted by Gasteiger charge is 2.20. The Morgan fingerprint density at radius 1 is 1.67 bits per heavy atom. The molecular formula is C9H8N6O2S. The van der Waals surface area contributed by atoms with E-state index in [0.717, 1.165) is 0 Å². The molecule has 0 amide bonds. The predicted octanol–water partition coefficient (Wildman–Crippen LogP) is 0.410. The lowest BCUT2D eigenvalue weighted by atomic mass is 10.4. The van der Waals surface area contributed by atoms with Crippen LogP contribution in [0.5, 0.6) is 0 Å². The Morgan fingerprint density at radius 3 is 3.11 bits per heavy atom. The van der Waals surface area contributed by atoms with Crippen molar-refractivity contribution >= 4 is 35.0 Å². The van der Waals surface area contributed by atoms with Crippen LogP contribution in [-0.4, -0.2) is 25.6 Å². The molecule has 2 aromatic rings. The van der Waals surface area contributed by atoms with Crippen molar-refractivity contribution in [3.05, 3.63) is 40.2 Å². The molecule has 8 nitrogen and oxygen atoms in total. The third kappa shape index (κ3) is 2.25. The van der Waals surface area contributed by atoms with Crippen LogP contribution in [0.25, 0.3) is 5.65 Å². The summed E-state index contributed by atoms with van der Waals surface area (Å²) in [5.41, 5.74) is 8.07. The van der Waals surface area contributed by atoms with Gasteiger partial charge in [0, 0.05) is 6.07 Å². The van der Waals surface area contributed by atoms with Crippen LogP contribution in [0.2, 0.25) is 0 Å². The van der Waals surface area contributed by atoms with Crippen LogP contribution < -0.4 is 11.2 Å². The minimum absolute atomic E-state index is 0.0299. The predicted molar refractivity (Wildman–Crippen MR) is 69.4 cm³/mol. The van der Waals surface area contributed by atoms with Gasteiger partial charge in [0.15, 0.2) is 10.8 Å². The topological polar surface area (TPSA) is 111 Å². The van der Waals surface area contributed by atoms with Gasteiger partial charge < -0.3 is 15.8 Å². The summed E-state index contributed by atoms with van der Waals surface area (Å²) in [5, 5.41) is 14.6. The van der Waals surface area contributed by atoms with Crippen molar-refractivity contribution < 1.29 is 4.92 Å². The normalized spacial score (nSPS) is 10.9. The van der Waals surface area contributed by atoms with E-state index in [2.05, 4.69) is 27.7 Å². The van der Waals surface area contributed by atoms with Gasteiger partial charge in [-0.05, 0) is 23.2 Å². The molecule has 0 unspecified atom stereocenters. The lowest BCUT2D eigenvalue weighted by Gasteiger charge is -1.94. The van der Waals surface area contributed by atoms with E-state index in [-0.39, 0.29) is 16.6 Å². The molecule has 0 aliphatic rings. The number of nitrogens with two attached hydrogens (primary N) is 1. The summed E-state index contributed by atoms with van der Waals surface area (Å²) in [6.45, 7) is 0. The van der Waals surface area contributed by atoms with E-state index >= 15 is 0 Å². The Kier molecular flexibility index (Phi) is 3.15. The van der Waals surface area contributed by atoms with E-state index in [9.17, 15) is 10.1 Å². The summed E-state index contributed by atoms with van der Waals surface area (Å²) in [5.74, 6) is -0.168. The number of hydrogen-bond donors (Lipinski definition) is 2. The van der Waals surface area contributed by atoms with E-state index < -0.39 is 4.92 Å². The van der Waals surface area contributed by atoms with Crippen molar-refractivity contribution in [3.8, 4) is 0 Å². The molecule has 9 heteroatoms. The summed E-state index contributed by atoms with van der Waals surface area (Å²) >= 11 is 4.55. The molecule has 3 N–H and O–H groups in total. The fourth-order valence-electron chi connectivity index (χ4n) is 1.43. The molecule has 0 bridgehead atoms. The molecule has 0 fully saturated rings. The number of aromatic nitrogens is 2. The van der Waals surface area contributed by atoms with Gasteiger partial charge in [-0.15, -0.1) is 0 Å². The Bertz CT molecular complexity index is 650.